The van der Waals surface area contributed by atoms with Gasteiger partial charge in [-0.3, -0.25) is 14.5 Å². The van der Waals surface area contributed by atoms with Crippen molar-refractivity contribution in [2.24, 2.45) is 0 Å². The molecule has 1 aliphatic heterocycles. The Morgan fingerprint density at radius 1 is 0.795 bits per heavy atom. The molecule has 2 aliphatic rings. The molecule has 7 rings (SSSR count). The molecule has 0 radical (unpaired) electrons. The van der Waals surface area contributed by atoms with E-state index in [1.165, 1.54) is 16.0 Å². The molecule has 216 valence electrons. The molecule has 1 aliphatic carbocycles. The van der Waals surface area contributed by atoms with E-state index in [0.29, 0.717) is 29.0 Å². The van der Waals surface area contributed by atoms with Gasteiger partial charge in [0.15, 0.2) is 0 Å². The maximum absolute atomic E-state index is 13.2. The number of hydrogen-bond donors (Lipinski definition) is 2. The van der Waals surface area contributed by atoms with Crippen LogP contribution in [0.1, 0.15) is 43.3 Å². The summed E-state index contributed by atoms with van der Waals surface area (Å²) in [6.45, 7) is 0.623. The van der Waals surface area contributed by atoms with Gasteiger partial charge in [-0.2, -0.15) is 0 Å². The first-order chi connectivity index (χ1) is 21.5. The molecule has 0 saturated carbocycles. The average Bonchev–Trinajstić information content (AvgIpc) is 3.62. The summed E-state index contributed by atoms with van der Waals surface area (Å²) in [7, 11) is 1.64. The van der Waals surface area contributed by atoms with Crippen molar-refractivity contribution in [1.29, 1.82) is 0 Å². The van der Waals surface area contributed by atoms with Crippen LogP contribution in [0.15, 0.2) is 115 Å². The molecule has 0 fully saturated rings. The van der Waals surface area contributed by atoms with Gasteiger partial charge in [0, 0.05) is 30.8 Å². The summed E-state index contributed by atoms with van der Waals surface area (Å²) in [5.41, 5.74) is 9.39. The van der Waals surface area contributed by atoms with Crippen LogP contribution < -0.4 is 15.5 Å². The van der Waals surface area contributed by atoms with Crippen LogP contribution in [-0.4, -0.2) is 31.6 Å². The third-order valence-corrected chi connectivity index (χ3v) is 8.43. The highest BCUT2D eigenvalue weighted by Gasteiger charge is 2.30. The summed E-state index contributed by atoms with van der Waals surface area (Å²) in [5, 5.41) is 5.78. The number of anilines is 2. The Kier molecular flexibility index (Phi) is 6.91. The van der Waals surface area contributed by atoms with Crippen LogP contribution in [0.5, 0.6) is 0 Å². The van der Waals surface area contributed by atoms with E-state index < -0.39 is 6.09 Å². The van der Waals surface area contributed by atoms with Crippen molar-refractivity contribution >= 4 is 29.3 Å². The molecule has 7 nitrogen and oxygen atoms in total. The molecule has 1 heterocycles. The zero-order chi connectivity index (χ0) is 30.2. The van der Waals surface area contributed by atoms with Crippen molar-refractivity contribution in [3.63, 3.8) is 0 Å². The minimum Gasteiger partial charge on any atom is -0.448 e. The van der Waals surface area contributed by atoms with Crippen molar-refractivity contribution in [3.8, 4) is 22.3 Å². The standard InChI is InChI=1S/C37H29N3O4/c1-40(37(43)44-22-32-29-13-7-5-11-27(29)28-12-6-8-14-30(28)32)25-17-15-24(16-18-25)35(41)39-33-20-19-26(23-9-3-2-4-10-23)31-21-38-36(42)34(31)33/h2-20,32H,21-22H2,1H3,(H,38,42)(H,39,41). The number of carbonyl (C=O) groups is 3. The number of nitrogens with zero attached hydrogens (tertiary/aromatic N) is 1. The lowest BCUT2D eigenvalue weighted by atomic mass is 9.95. The van der Waals surface area contributed by atoms with Crippen molar-refractivity contribution in [1.82, 2.24) is 5.32 Å². The summed E-state index contributed by atoms with van der Waals surface area (Å²) >= 11 is 0. The number of rotatable bonds is 6. The number of nitrogens with one attached hydrogen (secondary N) is 2. The average molecular weight is 580 g/mol. The van der Waals surface area contributed by atoms with Crippen LogP contribution in [0.2, 0.25) is 0 Å². The van der Waals surface area contributed by atoms with Gasteiger partial charge in [0.1, 0.15) is 6.61 Å². The van der Waals surface area contributed by atoms with Gasteiger partial charge in [0.25, 0.3) is 11.8 Å². The normalized spacial score (nSPS) is 13.0. The molecule has 0 spiro atoms. The largest absolute Gasteiger partial charge is 0.448 e. The molecule has 2 N–H and O–H groups in total. The maximum atomic E-state index is 13.2. The van der Waals surface area contributed by atoms with E-state index >= 15 is 0 Å². The molecule has 7 heteroatoms. The third-order valence-electron chi connectivity index (χ3n) is 8.43. The van der Waals surface area contributed by atoms with E-state index in [2.05, 4.69) is 34.9 Å². The highest BCUT2D eigenvalue weighted by molar-refractivity contribution is 6.11. The molecule has 0 bridgehead atoms. The molecule has 3 amide bonds. The summed E-state index contributed by atoms with van der Waals surface area (Å²) in [6.07, 6.45) is -0.482. The van der Waals surface area contributed by atoms with Crippen LogP contribution in [0.25, 0.3) is 22.3 Å². The number of amides is 3. The minimum absolute atomic E-state index is 0.0314. The van der Waals surface area contributed by atoms with Crippen molar-refractivity contribution in [2.75, 3.05) is 23.9 Å². The molecular weight excluding hydrogens is 550 g/mol. The zero-order valence-electron chi connectivity index (χ0n) is 24.0. The Morgan fingerprint density at radius 3 is 2.11 bits per heavy atom. The smallest absolute Gasteiger partial charge is 0.414 e. The van der Waals surface area contributed by atoms with Crippen molar-refractivity contribution < 1.29 is 19.1 Å². The Balaban J connectivity index is 1.03. The predicted octanol–water partition coefficient (Wildman–Crippen LogP) is 7.23. The van der Waals surface area contributed by atoms with Gasteiger partial charge in [-0.05, 0) is 69.3 Å². The first-order valence-electron chi connectivity index (χ1n) is 14.5. The highest BCUT2D eigenvalue weighted by Crippen LogP contribution is 2.44. The van der Waals surface area contributed by atoms with E-state index in [1.54, 1.807) is 37.4 Å². The second-order valence-electron chi connectivity index (χ2n) is 10.9. The van der Waals surface area contributed by atoms with Gasteiger partial charge in [0.05, 0.1) is 11.3 Å². The summed E-state index contributed by atoms with van der Waals surface area (Å²) in [4.78, 5) is 40.4. The number of benzene rings is 5. The van der Waals surface area contributed by atoms with Crippen LogP contribution >= 0.6 is 0 Å². The fourth-order valence-corrected chi connectivity index (χ4v) is 6.17. The fraction of sp³-hybridized carbons (Fsp3) is 0.108. The molecule has 0 atom stereocenters. The second-order valence-corrected chi connectivity index (χ2v) is 10.9. The highest BCUT2D eigenvalue weighted by atomic mass is 16.6. The van der Waals surface area contributed by atoms with E-state index in [1.807, 2.05) is 60.7 Å². The molecular formula is C37H29N3O4. The van der Waals surface area contributed by atoms with Gasteiger partial charge in [-0.1, -0.05) is 84.9 Å². The Morgan fingerprint density at radius 2 is 1.43 bits per heavy atom. The Bertz CT molecular complexity index is 1870. The SMILES string of the molecule is CN(C(=O)OCC1c2ccccc2-c2ccccc21)c1ccc(C(=O)Nc2ccc(-c3ccccc3)c3c2C(=O)NC3)cc1. The molecule has 0 unspecified atom stereocenters. The first-order valence-corrected chi connectivity index (χ1v) is 14.5. The van der Waals surface area contributed by atoms with Gasteiger partial charge < -0.3 is 15.4 Å². The lowest BCUT2D eigenvalue weighted by Gasteiger charge is -2.20. The summed E-state index contributed by atoms with van der Waals surface area (Å²) in [5.74, 6) is -0.598. The second kappa shape index (κ2) is 11.2. The zero-order valence-corrected chi connectivity index (χ0v) is 24.0. The van der Waals surface area contributed by atoms with E-state index in [4.69, 9.17) is 4.74 Å². The number of ether oxygens (including phenoxy) is 1. The van der Waals surface area contributed by atoms with Crippen LogP contribution in [0.3, 0.4) is 0 Å². The van der Waals surface area contributed by atoms with E-state index in [-0.39, 0.29) is 24.3 Å². The first kappa shape index (κ1) is 27.2. The van der Waals surface area contributed by atoms with Crippen molar-refractivity contribution in [2.45, 2.75) is 12.5 Å². The summed E-state index contributed by atoms with van der Waals surface area (Å²) < 4.78 is 5.78. The third kappa shape index (κ3) is 4.78. The Hall–Kier alpha value is -5.69. The monoisotopic (exact) mass is 579 g/mol. The van der Waals surface area contributed by atoms with Gasteiger partial charge >= 0.3 is 6.09 Å². The van der Waals surface area contributed by atoms with Gasteiger partial charge in [-0.15, -0.1) is 0 Å². The molecule has 0 saturated heterocycles. The molecule has 44 heavy (non-hydrogen) atoms. The van der Waals surface area contributed by atoms with Crippen LogP contribution in [0, 0.1) is 0 Å². The molecule has 0 aromatic heterocycles. The summed E-state index contributed by atoms with van der Waals surface area (Å²) in [6, 6.07) is 36.7. The van der Waals surface area contributed by atoms with Gasteiger partial charge in [-0.25, -0.2) is 4.79 Å². The van der Waals surface area contributed by atoms with Crippen LogP contribution in [-0.2, 0) is 11.3 Å². The quantitative estimate of drug-likeness (QED) is 0.222. The Labute approximate surface area is 255 Å². The molecule has 5 aromatic rings. The van der Waals surface area contributed by atoms with Crippen LogP contribution in [0.4, 0.5) is 16.2 Å². The minimum atomic E-state index is -0.482. The van der Waals surface area contributed by atoms with Gasteiger partial charge in [0.2, 0.25) is 0 Å². The topological polar surface area (TPSA) is 87.7 Å². The lowest BCUT2D eigenvalue weighted by molar-refractivity contribution is 0.0966. The van der Waals surface area contributed by atoms with E-state index in [0.717, 1.165) is 27.8 Å². The lowest BCUT2D eigenvalue weighted by Crippen LogP contribution is -2.28. The number of fused-ring (bicyclic) bond motifs is 4. The van der Waals surface area contributed by atoms with Crippen molar-refractivity contribution in [3.05, 3.63) is 143 Å². The fourth-order valence-electron chi connectivity index (χ4n) is 6.17. The predicted molar refractivity (Wildman–Crippen MR) is 171 cm³/mol. The number of hydrogen-bond acceptors (Lipinski definition) is 4. The number of carbonyl (C=O) groups excluding carboxylic acids is 3. The molecule has 5 aromatic carbocycles. The maximum Gasteiger partial charge on any atom is 0.414 e. The van der Waals surface area contributed by atoms with E-state index in [9.17, 15) is 14.4 Å².